The molecule has 3 rings (SSSR count). The molecular formula is C20H27N5OS. The maximum absolute atomic E-state index is 5.25. The van der Waals surface area contributed by atoms with Gasteiger partial charge in [0.05, 0.1) is 5.69 Å². The van der Waals surface area contributed by atoms with Gasteiger partial charge in [-0.05, 0) is 58.9 Å². The quantitative estimate of drug-likeness (QED) is 0.524. The third-order valence-corrected chi connectivity index (χ3v) is 5.81. The zero-order valence-corrected chi connectivity index (χ0v) is 17.5. The van der Waals surface area contributed by atoms with Crippen LogP contribution in [0.3, 0.4) is 0 Å². The number of anilines is 1. The molecule has 0 spiro atoms. The summed E-state index contributed by atoms with van der Waals surface area (Å²) in [6.07, 6.45) is 0. The van der Waals surface area contributed by atoms with E-state index in [9.17, 15) is 0 Å². The van der Waals surface area contributed by atoms with E-state index in [1.165, 1.54) is 5.69 Å². The lowest BCUT2D eigenvalue weighted by Crippen LogP contribution is -2.21. The van der Waals surface area contributed by atoms with Crippen molar-refractivity contribution in [3.05, 3.63) is 41.3 Å². The van der Waals surface area contributed by atoms with Gasteiger partial charge in [-0.2, -0.15) is 0 Å². The van der Waals surface area contributed by atoms with Crippen LogP contribution in [0.5, 0.6) is 0 Å². The van der Waals surface area contributed by atoms with Crippen molar-refractivity contribution in [3.8, 4) is 11.4 Å². The molecule has 0 aliphatic heterocycles. The molecule has 3 aromatic rings. The maximum atomic E-state index is 5.25. The van der Waals surface area contributed by atoms with Crippen LogP contribution in [0.25, 0.3) is 11.4 Å². The highest BCUT2D eigenvalue weighted by molar-refractivity contribution is 7.98. The maximum Gasteiger partial charge on any atom is 0.191 e. The van der Waals surface area contributed by atoms with Gasteiger partial charge in [-0.25, -0.2) is 0 Å². The zero-order valence-electron chi connectivity index (χ0n) is 16.7. The fraction of sp³-hybridized carbons (Fsp3) is 0.450. The lowest BCUT2D eigenvalue weighted by atomic mass is 10.2. The molecule has 144 valence electrons. The highest BCUT2D eigenvalue weighted by Crippen LogP contribution is 2.29. The molecule has 7 heteroatoms. The molecule has 0 saturated carbocycles. The van der Waals surface area contributed by atoms with Crippen LogP contribution >= 0.6 is 11.8 Å². The molecule has 6 nitrogen and oxygen atoms in total. The van der Waals surface area contributed by atoms with E-state index in [0.717, 1.165) is 58.9 Å². The van der Waals surface area contributed by atoms with Crippen molar-refractivity contribution < 1.29 is 4.52 Å². The highest BCUT2D eigenvalue weighted by Gasteiger charge is 2.16. The summed E-state index contributed by atoms with van der Waals surface area (Å²) < 4.78 is 7.42. The van der Waals surface area contributed by atoms with Gasteiger partial charge in [0, 0.05) is 42.2 Å². The second-order valence-corrected chi connectivity index (χ2v) is 7.30. The Hall–Kier alpha value is -2.28. The van der Waals surface area contributed by atoms with Crippen LogP contribution in [-0.4, -0.2) is 33.0 Å². The first-order valence-electron chi connectivity index (χ1n) is 9.42. The van der Waals surface area contributed by atoms with Gasteiger partial charge in [0.1, 0.15) is 5.76 Å². The van der Waals surface area contributed by atoms with Gasteiger partial charge in [0.15, 0.2) is 11.0 Å². The monoisotopic (exact) mass is 385 g/mol. The van der Waals surface area contributed by atoms with Crippen LogP contribution in [0.1, 0.15) is 37.8 Å². The number of aromatic nitrogens is 4. The smallest absolute Gasteiger partial charge is 0.191 e. The Morgan fingerprint density at radius 3 is 2.30 bits per heavy atom. The van der Waals surface area contributed by atoms with Gasteiger partial charge < -0.3 is 14.0 Å². The number of thioether (sulfide) groups is 1. The third kappa shape index (κ3) is 4.03. The number of aryl methyl sites for hydroxylation is 2. The molecule has 0 atom stereocenters. The van der Waals surface area contributed by atoms with Crippen LogP contribution in [-0.2, 0) is 12.3 Å². The number of hydrogen-bond acceptors (Lipinski definition) is 6. The normalized spacial score (nSPS) is 11.1. The summed E-state index contributed by atoms with van der Waals surface area (Å²) in [6.45, 7) is 13.2. The molecule has 0 radical (unpaired) electrons. The summed E-state index contributed by atoms with van der Waals surface area (Å²) in [5.74, 6) is 2.56. The Balaban J connectivity index is 1.81. The molecule has 0 saturated heterocycles. The number of hydrogen-bond donors (Lipinski definition) is 0. The Kier molecular flexibility index (Phi) is 6.21. The van der Waals surface area contributed by atoms with Crippen LogP contribution < -0.4 is 4.90 Å². The third-order valence-electron chi connectivity index (χ3n) is 4.81. The molecule has 0 aliphatic carbocycles. The van der Waals surface area contributed by atoms with Crippen molar-refractivity contribution in [3.63, 3.8) is 0 Å². The molecule has 0 N–H and O–H groups in total. The average Bonchev–Trinajstić information content (AvgIpc) is 3.24. The molecule has 2 aromatic heterocycles. The van der Waals surface area contributed by atoms with Crippen molar-refractivity contribution >= 4 is 17.4 Å². The number of benzene rings is 1. The summed E-state index contributed by atoms with van der Waals surface area (Å²) in [7, 11) is 0. The predicted octanol–water partition coefficient (Wildman–Crippen LogP) is 4.71. The number of nitrogens with zero attached hydrogens (tertiary/aromatic N) is 5. The fourth-order valence-corrected chi connectivity index (χ4v) is 4.30. The molecule has 1 aromatic carbocycles. The van der Waals surface area contributed by atoms with Crippen molar-refractivity contribution in [1.29, 1.82) is 0 Å². The second kappa shape index (κ2) is 8.61. The first-order chi connectivity index (χ1) is 13.1. The molecule has 2 heterocycles. The van der Waals surface area contributed by atoms with Crippen molar-refractivity contribution in [1.82, 2.24) is 19.9 Å². The first kappa shape index (κ1) is 19.5. The molecule has 27 heavy (non-hydrogen) atoms. The first-order valence-corrected chi connectivity index (χ1v) is 10.4. The SMILES string of the molecule is CCN(CC)c1ccc(-c2nnc(SCc3c(C)noc3C)n2CC)cc1. The zero-order chi connectivity index (χ0) is 19.4. The molecular weight excluding hydrogens is 358 g/mol. The van der Waals surface area contributed by atoms with Crippen LogP contribution in [0.15, 0.2) is 33.9 Å². The van der Waals surface area contributed by atoms with E-state index in [0.29, 0.717) is 0 Å². The van der Waals surface area contributed by atoms with E-state index in [1.54, 1.807) is 11.8 Å². The van der Waals surface area contributed by atoms with Gasteiger partial charge >= 0.3 is 0 Å². The van der Waals surface area contributed by atoms with Gasteiger partial charge in [-0.1, -0.05) is 16.9 Å². The van der Waals surface area contributed by atoms with Crippen molar-refractivity contribution in [2.24, 2.45) is 0 Å². The summed E-state index contributed by atoms with van der Waals surface area (Å²) in [5.41, 5.74) is 4.40. The topological polar surface area (TPSA) is 60.0 Å². The van der Waals surface area contributed by atoms with E-state index >= 15 is 0 Å². The molecule has 0 fully saturated rings. The standard InChI is InChI=1S/C20H27N5OS/c1-6-24(7-2)17-11-9-16(10-12-17)19-21-22-20(25(19)8-3)27-13-18-14(4)23-26-15(18)5/h9-12H,6-8,13H2,1-5H3. The van der Waals surface area contributed by atoms with Crippen molar-refractivity contribution in [2.75, 3.05) is 18.0 Å². The lowest BCUT2D eigenvalue weighted by molar-refractivity contribution is 0.392. The van der Waals surface area contributed by atoms with E-state index < -0.39 is 0 Å². The Morgan fingerprint density at radius 2 is 1.74 bits per heavy atom. The fourth-order valence-electron chi connectivity index (χ4n) is 3.15. The lowest BCUT2D eigenvalue weighted by Gasteiger charge is -2.21. The van der Waals surface area contributed by atoms with Crippen molar-refractivity contribution in [2.45, 2.75) is 52.1 Å². The molecule has 0 aliphatic rings. The second-order valence-electron chi connectivity index (χ2n) is 6.36. The summed E-state index contributed by atoms with van der Waals surface area (Å²) >= 11 is 1.67. The van der Waals surface area contributed by atoms with E-state index in [2.05, 4.69) is 69.9 Å². The Bertz CT molecular complexity index is 861. The minimum absolute atomic E-state index is 0.778. The van der Waals surface area contributed by atoms with E-state index in [4.69, 9.17) is 4.52 Å². The largest absolute Gasteiger partial charge is 0.372 e. The molecule has 0 bridgehead atoms. The van der Waals surface area contributed by atoms with Gasteiger partial charge in [-0.3, -0.25) is 0 Å². The number of rotatable bonds is 8. The predicted molar refractivity (Wildman–Crippen MR) is 110 cm³/mol. The van der Waals surface area contributed by atoms with Crippen LogP contribution in [0, 0.1) is 13.8 Å². The summed E-state index contributed by atoms with van der Waals surface area (Å²) in [4.78, 5) is 2.33. The van der Waals surface area contributed by atoms with Gasteiger partial charge in [-0.15, -0.1) is 10.2 Å². The van der Waals surface area contributed by atoms with Gasteiger partial charge in [0.2, 0.25) is 0 Å². The van der Waals surface area contributed by atoms with Crippen LogP contribution in [0.4, 0.5) is 5.69 Å². The highest BCUT2D eigenvalue weighted by atomic mass is 32.2. The minimum atomic E-state index is 0.778. The van der Waals surface area contributed by atoms with Crippen LogP contribution in [0.2, 0.25) is 0 Å². The summed E-state index contributed by atoms with van der Waals surface area (Å²) in [5, 5.41) is 13.8. The van der Waals surface area contributed by atoms with E-state index in [1.807, 2.05) is 13.8 Å². The Labute approximate surface area is 165 Å². The van der Waals surface area contributed by atoms with Gasteiger partial charge in [0.25, 0.3) is 0 Å². The molecule has 0 amide bonds. The van der Waals surface area contributed by atoms with E-state index in [-0.39, 0.29) is 0 Å². The molecule has 0 unspecified atom stereocenters. The minimum Gasteiger partial charge on any atom is -0.372 e. The Morgan fingerprint density at radius 1 is 1.04 bits per heavy atom. The average molecular weight is 386 g/mol. The summed E-state index contributed by atoms with van der Waals surface area (Å²) in [6, 6.07) is 8.58.